The lowest BCUT2D eigenvalue weighted by atomic mass is 9.77. The van der Waals surface area contributed by atoms with Crippen LogP contribution in [0.4, 0.5) is 0 Å². The summed E-state index contributed by atoms with van der Waals surface area (Å²) in [4.78, 5) is 8.12. The minimum Gasteiger partial charge on any atom is -0.481 e. The zero-order valence-electron chi connectivity index (χ0n) is 10.8. The molecule has 2 N–H and O–H groups in total. The number of aliphatic hydroxyl groups excluding tert-OH is 1. The average molecular weight is 253 g/mol. The minimum atomic E-state index is -0.161. The lowest BCUT2D eigenvalue weighted by Gasteiger charge is -2.41. The Labute approximate surface area is 106 Å². The molecule has 0 aliphatic heterocycles. The van der Waals surface area contributed by atoms with Crippen molar-refractivity contribution < 1.29 is 14.6 Å². The predicted molar refractivity (Wildman–Crippen MR) is 65.6 cm³/mol. The molecule has 0 aromatic carbocycles. The molecule has 1 aromatic rings. The highest BCUT2D eigenvalue weighted by Crippen LogP contribution is 2.32. The van der Waals surface area contributed by atoms with E-state index in [-0.39, 0.29) is 12.1 Å². The van der Waals surface area contributed by atoms with Gasteiger partial charge in [-0.2, -0.15) is 0 Å². The zero-order chi connectivity index (χ0) is 13.0. The quantitative estimate of drug-likeness (QED) is 0.768. The van der Waals surface area contributed by atoms with Crippen LogP contribution in [0.25, 0.3) is 0 Å². The Morgan fingerprint density at radius 2 is 1.89 bits per heavy atom. The van der Waals surface area contributed by atoms with Gasteiger partial charge in [-0.25, -0.2) is 9.97 Å². The molecule has 0 spiro atoms. The van der Waals surface area contributed by atoms with Crippen molar-refractivity contribution in [3.8, 4) is 11.8 Å². The fourth-order valence-electron chi connectivity index (χ4n) is 2.15. The fraction of sp³-hybridized carbons (Fsp3) is 0.667. The van der Waals surface area contributed by atoms with Crippen LogP contribution in [0.2, 0.25) is 0 Å². The first-order chi connectivity index (χ1) is 8.74. The lowest BCUT2D eigenvalue weighted by molar-refractivity contribution is 0.0866. The van der Waals surface area contributed by atoms with E-state index < -0.39 is 0 Å². The second-order valence-corrected chi connectivity index (χ2v) is 4.52. The third-order valence-corrected chi connectivity index (χ3v) is 3.51. The molecule has 0 atom stereocenters. The van der Waals surface area contributed by atoms with E-state index in [4.69, 9.17) is 9.47 Å². The summed E-state index contributed by atoms with van der Waals surface area (Å²) in [6.07, 6.45) is 4.53. The van der Waals surface area contributed by atoms with Gasteiger partial charge in [0.15, 0.2) is 0 Å². The van der Waals surface area contributed by atoms with Gasteiger partial charge in [-0.1, -0.05) is 0 Å². The molecule has 18 heavy (non-hydrogen) atoms. The topological polar surface area (TPSA) is 76.5 Å². The van der Waals surface area contributed by atoms with Crippen molar-refractivity contribution in [3.63, 3.8) is 0 Å². The van der Waals surface area contributed by atoms with E-state index in [2.05, 4.69) is 15.3 Å². The van der Waals surface area contributed by atoms with Gasteiger partial charge in [0.2, 0.25) is 11.8 Å². The first kappa shape index (κ1) is 13.0. The van der Waals surface area contributed by atoms with Crippen LogP contribution >= 0.6 is 0 Å². The normalized spacial score (nSPS) is 17.1. The Morgan fingerprint density at radius 1 is 1.28 bits per heavy atom. The van der Waals surface area contributed by atoms with Crippen molar-refractivity contribution in [1.29, 1.82) is 0 Å². The molecule has 1 aliphatic rings. The number of methoxy groups -OCH3 is 2. The molecular formula is C12H19N3O3. The number of ether oxygens (including phenoxy) is 2. The van der Waals surface area contributed by atoms with Gasteiger partial charge < -0.3 is 19.9 Å². The fourth-order valence-corrected chi connectivity index (χ4v) is 2.15. The lowest BCUT2D eigenvalue weighted by Crippen LogP contribution is -2.53. The number of rotatable bonds is 6. The summed E-state index contributed by atoms with van der Waals surface area (Å²) in [6, 6.07) is 0. The van der Waals surface area contributed by atoms with Crippen molar-refractivity contribution in [2.45, 2.75) is 31.3 Å². The number of aromatic nitrogens is 2. The molecule has 2 rings (SSSR count). The molecule has 1 fully saturated rings. The summed E-state index contributed by atoms with van der Waals surface area (Å²) >= 11 is 0. The van der Waals surface area contributed by atoms with Crippen LogP contribution in [-0.4, -0.2) is 41.4 Å². The molecule has 1 saturated carbocycles. The highest BCUT2D eigenvalue weighted by molar-refractivity contribution is 5.34. The van der Waals surface area contributed by atoms with Crippen LogP contribution in [-0.2, 0) is 6.54 Å². The van der Waals surface area contributed by atoms with Crippen LogP contribution in [0.5, 0.6) is 11.8 Å². The molecule has 0 unspecified atom stereocenters. The largest absolute Gasteiger partial charge is 0.481 e. The van der Waals surface area contributed by atoms with Crippen LogP contribution in [0.15, 0.2) is 6.33 Å². The molecule has 6 nitrogen and oxygen atoms in total. The third-order valence-electron chi connectivity index (χ3n) is 3.51. The Morgan fingerprint density at radius 3 is 2.28 bits per heavy atom. The molecule has 0 radical (unpaired) electrons. The van der Waals surface area contributed by atoms with Gasteiger partial charge in [0.05, 0.1) is 26.4 Å². The van der Waals surface area contributed by atoms with E-state index in [1.54, 1.807) is 14.2 Å². The van der Waals surface area contributed by atoms with Crippen LogP contribution in [0.1, 0.15) is 24.8 Å². The Kier molecular flexibility index (Phi) is 3.98. The number of hydrogen-bond acceptors (Lipinski definition) is 6. The summed E-state index contributed by atoms with van der Waals surface area (Å²) in [6.45, 7) is 0.666. The first-order valence-electron chi connectivity index (χ1n) is 6.02. The van der Waals surface area contributed by atoms with Gasteiger partial charge in [-0.15, -0.1) is 0 Å². The SMILES string of the molecule is COc1ncnc(OC)c1CNC1(CO)CCC1. The van der Waals surface area contributed by atoms with E-state index in [1.165, 1.54) is 6.33 Å². The Hall–Kier alpha value is -1.40. The Balaban J connectivity index is 2.12. The van der Waals surface area contributed by atoms with Crippen molar-refractivity contribution in [2.75, 3.05) is 20.8 Å². The van der Waals surface area contributed by atoms with Gasteiger partial charge in [0, 0.05) is 12.1 Å². The van der Waals surface area contributed by atoms with Gasteiger partial charge in [0.25, 0.3) is 0 Å². The van der Waals surface area contributed by atoms with Crippen LogP contribution < -0.4 is 14.8 Å². The summed E-state index contributed by atoms with van der Waals surface area (Å²) < 4.78 is 10.4. The van der Waals surface area contributed by atoms with E-state index in [0.29, 0.717) is 18.3 Å². The summed E-state index contributed by atoms with van der Waals surface area (Å²) in [5.41, 5.74) is 0.619. The number of aliphatic hydroxyl groups is 1. The molecule has 6 heteroatoms. The maximum absolute atomic E-state index is 9.41. The highest BCUT2D eigenvalue weighted by atomic mass is 16.5. The van der Waals surface area contributed by atoms with Gasteiger partial charge in [-0.3, -0.25) is 0 Å². The Bertz CT molecular complexity index is 380. The van der Waals surface area contributed by atoms with Gasteiger partial charge in [-0.05, 0) is 19.3 Å². The summed E-state index contributed by atoms with van der Waals surface area (Å²) in [7, 11) is 3.13. The van der Waals surface area contributed by atoms with Crippen molar-refractivity contribution in [3.05, 3.63) is 11.9 Å². The van der Waals surface area contributed by atoms with E-state index in [0.717, 1.165) is 24.8 Å². The van der Waals surface area contributed by atoms with Crippen LogP contribution in [0, 0.1) is 0 Å². The molecule has 1 heterocycles. The number of nitrogens with zero attached hydrogens (tertiary/aromatic N) is 2. The predicted octanol–water partition coefficient (Wildman–Crippen LogP) is 0.498. The number of hydrogen-bond donors (Lipinski definition) is 2. The molecule has 0 amide bonds. The second kappa shape index (κ2) is 5.49. The summed E-state index contributed by atoms with van der Waals surface area (Å²) in [5.74, 6) is 1.00. The molecule has 1 aliphatic carbocycles. The highest BCUT2D eigenvalue weighted by Gasteiger charge is 2.36. The monoisotopic (exact) mass is 253 g/mol. The van der Waals surface area contributed by atoms with Crippen LogP contribution in [0.3, 0.4) is 0 Å². The minimum absolute atomic E-state index is 0.144. The molecule has 0 bridgehead atoms. The van der Waals surface area contributed by atoms with Crippen molar-refractivity contribution in [1.82, 2.24) is 15.3 Å². The van der Waals surface area contributed by atoms with Gasteiger partial charge in [0.1, 0.15) is 6.33 Å². The maximum Gasteiger partial charge on any atom is 0.224 e. The van der Waals surface area contributed by atoms with E-state index in [1.807, 2.05) is 0 Å². The summed E-state index contributed by atoms with van der Waals surface area (Å²) in [5, 5.41) is 12.8. The van der Waals surface area contributed by atoms with E-state index in [9.17, 15) is 5.11 Å². The first-order valence-corrected chi connectivity index (χ1v) is 6.02. The molecule has 100 valence electrons. The third kappa shape index (κ3) is 2.39. The van der Waals surface area contributed by atoms with Crippen molar-refractivity contribution >= 4 is 0 Å². The van der Waals surface area contributed by atoms with Crippen molar-refractivity contribution in [2.24, 2.45) is 0 Å². The zero-order valence-corrected chi connectivity index (χ0v) is 10.8. The molecular weight excluding hydrogens is 234 g/mol. The molecule has 1 aromatic heterocycles. The average Bonchev–Trinajstić information content (AvgIpc) is 2.37. The van der Waals surface area contributed by atoms with Gasteiger partial charge >= 0.3 is 0 Å². The number of nitrogens with one attached hydrogen (secondary N) is 1. The molecule has 0 saturated heterocycles. The standard InChI is InChI=1S/C12H19N3O3/c1-17-10-9(11(18-2)14-8-13-10)6-15-12(7-16)4-3-5-12/h8,15-16H,3-7H2,1-2H3. The maximum atomic E-state index is 9.41. The van der Waals surface area contributed by atoms with E-state index >= 15 is 0 Å². The second-order valence-electron chi connectivity index (χ2n) is 4.52. The smallest absolute Gasteiger partial charge is 0.224 e.